The van der Waals surface area contributed by atoms with Gasteiger partial charge in [-0.15, -0.1) is 10.2 Å². The van der Waals surface area contributed by atoms with Crippen LogP contribution < -0.4 is 10.1 Å². The van der Waals surface area contributed by atoms with E-state index in [1.54, 1.807) is 12.1 Å². The summed E-state index contributed by atoms with van der Waals surface area (Å²) in [6.45, 7) is 0. The zero-order valence-corrected chi connectivity index (χ0v) is 12.1. The Hall–Kier alpha value is -3.43. The van der Waals surface area contributed by atoms with Gasteiger partial charge in [-0.05, 0) is 24.3 Å². The molecule has 0 unspecified atom stereocenters. The molecule has 1 aliphatic heterocycles. The molecule has 0 atom stereocenters. The number of carbonyl (C=O) groups excluding carboxylic acids is 2. The zero-order valence-electron chi connectivity index (χ0n) is 12.1. The van der Waals surface area contributed by atoms with Gasteiger partial charge in [0.05, 0.1) is 11.4 Å². The predicted octanol–water partition coefficient (Wildman–Crippen LogP) is 2.15. The number of hydroxylamine groups is 2. The first-order valence-electron chi connectivity index (χ1n) is 6.76. The number of aromatic nitrogens is 1. The molecule has 1 aromatic carbocycles. The number of pyridine rings is 1. The SMILES string of the molecule is O=CC1=C(N=NC(=O)c2ccncc2)N(O)c2ccccc2N1O. The van der Waals surface area contributed by atoms with Gasteiger partial charge in [0, 0.05) is 18.0 Å². The van der Waals surface area contributed by atoms with Crippen LogP contribution in [-0.2, 0) is 4.79 Å². The number of rotatable bonds is 3. The molecule has 9 heteroatoms. The van der Waals surface area contributed by atoms with Crippen molar-refractivity contribution in [1.82, 2.24) is 4.98 Å². The zero-order chi connectivity index (χ0) is 17.1. The number of azo groups is 1. The van der Waals surface area contributed by atoms with Crippen LogP contribution in [0.1, 0.15) is 10.4 Å². The second-order valence-electron chi connectivity index (χ2n) is 4.68. The minimum Gasteiger partial charge on any atom is -0.296 e. The van der Waals surface area contributed by atoms with Crippen LogP contribution in [0.4, 0.5) is 11.4 Å². The lowest BCUT2D eigenvalue weighted by Crippen LogP contribution is -2.33. The van der Waals surface area contributed by atoms with Gasteiger partial charge >= 0.3 is 0 Å². The standard InChI is InChI=1S/C15H11N5O4/c21-9-13-14(17-18-15(22)10-5-7-16-8-6-10)20(24)12-4-2-1-3-11(12)19(13)23/h1-9,23-24H. The summed E-state index contributed by atoms with van der Waals surface area (Å²) in [5, 5.41) is 28.6. The number of para-hydroxylation sites is 2. The number of nitrogens with zero attached hydrogens (tertiary/aromatic N) is 5. The molecule has 2 N–H and O–H groups in total. The molecule has 3 rings (SSSR count). The van der Waals surface area contributed by atoms with Gasteiger partial charge in [-0.25, -0.2) is 10.1 Å². The summed E-state index contributed by atoms with van der Waals surface area (Å²) in [6.07, 6.45) is 3.14. The molecule has 0 saturated carbocycles. The summed E-state index contributed by atoms with van der Waals surface area (Å²) >= 11 is 0. The summed E-state index contributed by atoms with van der Waals surface area (Å²) in [5.41, 5.74) is 0.239. The maximum Gasteiger partial charge on any atom is 0.295 e. The van der Waals surface area contributed by atoms with Gasteiger partial charge in [-0.1, -0.05) is 12.1 Å². The van der Waals surface area contributed by atoms with Crippen LogP contribution in [0.15, 0.2) is 70.5 Å². The van der Waals surface area contributed by atoms with Crippen LogP contribution in [0, 0.1) is 0 Å². The van der Waals surface area contributed by atoms with Crippen molar-refractivity contribution in [2.24, 2.45) is 10.2 Å². The number of allylic oxidation sites excluding steroid dienone is 1. The molecule has 2 aromatic rings. The van der Waals surface area contributed by atoms with E-state index in [0.717, 1.165) is 0 Å². The van der Waals surface area contributed by atoms with Crippen molar-refractivity contribution in [3.8, 4) is 0 Å². The third-order valence-corrected chi connectivity index (χ3v) is 3.27. The topological polar surface area (TPSA) is 119 Å². The minimum absolute atomic E-state index is 0.177. The van der Waals surface area contributed by atoms with E-state index in [2.05, 4.69) is 15.2 Å². The Morgan fingerprint density at radius 1 is 1.04 bits per heavy atom. The van der Waals surface area contributed by atoms with E-state index in [9.17, 15) is 20.0 Å². The van der Waals surface area contributed by atoms with Crippen molar-refractivity contribution in [3.05, 3.63) is 65.9 Å². The highest BCUT2D eigenvalue weighted by atomic mass is 16.5. The normalized spacial score (nSPS) is 14.1. The van der Waals surface area contributed by atoms with Crippen LogP contribution in [0.3, 0.4) is 0 Å². The fourth-order valence-electron chi connectivity index (χ4n) is 2.11. The number of fused-ring (bicyclic) bond motifs is 1. The van der Waals surface area contributed by atoms with Crippen molar-refractivity contribution in [2.75, 3.05) is 10.1 Å². The lowest BCUT2D eigenvalue weighted by molar-refractivity contribution is -0.105. The van der Waals surface area contributed by atoms with E-state index in [4.69, 9.17) is 0 Å². The highest BCUT2D eigenvalue weighted by Gasteiger charge is 2.29. The van der Waals surface area contributed by atoms with Crippen LogP contribution in [0.5, 0.6) is 0 Å². The molecule has 0 radical (unpaired) electrons. The molecular weight excluding hydrogens is 314 g/mol. The fourth-order valence-corrected chi connectivity index (χ4v) is 2.11. The van der Waals surface area contributed by atoms with Crippen molar-refractivity contribution in [3.63, 3.8) is 0 Å². The third kappa shape index (κ3) is 2.64. The quantitative estimate of drug-likeness (QED) is 0.655. The average molecular weight is 325 g/mol. The maximum atomic E-state index is 11.9. The minimum atomic E-state index is -0.688. The van der Waals surface area contributed by atoms with E-state index in [1.165, 1.54) is 36.7 Å². The summed E-state index contributed by atoms with van der Waals surface area (Å²) < 4.78 is 0. The molecular formula is C15H11N5O4. The van der Waals surface area contributed by atoms with Crippen molar-refractivity contribution >= 4 is 23.6 Å². The molecule has 2 heterocycles. The van der Waals surface area contributed by atoms with Crippen LogP contribution >= 0.6 is 0 Å². The first-order valence-corrected chi connectivity index (χ1v) is 6.76. The van der Waals surface area contributed by atoms with E-state index in [-0.39, 0.29) is 28.5 Å². The van der Waals surface area contributed by atoms with Gasteiger partial charge in [-0.3, -0.25) is 25.0 Å². The molecule has 0 aliphatic carbocycles. The lowest BCUT2D eigenvalue weighted by atomic mass is 10.2. The third-order valence-electron chi connectivity index (χ3n) is 3.27. The van der Waals surface area contributed by atoms with Gasteiger partial charge in [0.15, 0.2) is 12.0 Å². The Morgan fingerprint density at radius 3 is 2.29 bits per heavy atom. The molecule has 120 valence electrons. The highest BCUT2D eigenvalue weighted by Crippen LogP contribution is 2.37. The number of benzene rings is 1. The van der Waals surface area contributed by atoms with Crippen molar-refractivity contribution < 1.29 is 20.0 Å². The number of hydrogen-bond acceptors (Lipinski definition) is 8. The monoisotopic (exact) mass is 325 g/mol. The molecule has 0 spiro atoms. The van der Waals surface area contributed by atoms with Gasteiger partial charge in [0.25, 0.3) is 5.91 Å². The number of amides is 1. The van der Waals surface area contributed by atoms with Gasteiger partial charge in [0.2, 0.25) is 5.82 Å². The number of anilines is 2. The molecule has 0 saturated heterocycles. The molecule has 24 heavy (non-hydrogen) atoms. The van der Waals surface area contributed by atoms with E-state index < -0.39 is 5.91 Å². The van der Waals surface area contributed by atoms with Crippen molar-refractivity contribution in [2.45, 2.75) is 0 Å². The fraction of sp³-hybridized carbons (Fsp3) is 0. The highest BCUT2D eigenvalue weighted by molar-refractivity contribution is 5.94. The second-order valence-corrected chi connectivity index (χ2v) is 4.68. The van der Waals surface area contributed by atoms with Crippen LogP contribution in [-0.4, -0.2) is 27.6 Å². The van der Waals surface area contributed by atoms with Crippen LogP contribution in [0.25, 0.3) is 0 Å². The maximum absolute atomic E-state index is 11.9. The van der Waals surface area contributed by atoms with E-state index >= 15 is 0 Å². The van der Waals surface area contributed by atoms with Crippen molar-refractivity contribution in [1.29, 1.82) is 0 Å². The largest absolute Gasteiger partial charge is 0.296 e. The van der Waals surface area contributed by atoms with E-state index in [1.807, 2.05) is 0 Å². The smallest absolute Gasteiger partial charge is 0.295 e. The number of hydrogen-bond donors (Lipinski definition) is 2. The Balaban J connectivity index is 1.98. The second kappa shape index (κ2) is 6.36. The van der Waals surface area contributed by atoms with Gasteiger partial charge < -0.3 is 0 Å². The molecule has 9 nitrogen and oxygen atoms in total. The molecule has 1 aliphatic rings. The Bertz CT molecular complexity index is 850. The Morgan fingerprint density at radius 2 is 1.67 bits per heavy atom. The Kier molecular flexibility index (Phi) is 4.10. The molecule has 1 amide bonds. The summed E-state index contributed by atoms with van der Waals surface area (Å²) in [6, 6.07) is 9.14. The molecule has 1 aromatic heterocycles. The first-order chi connectivity index (χ1) is 11.6. The summed E-state index contributed by atoms with van der Waals surface area (Å²) in [5.74, 6) is -1.07. The summed E-state index contributed by atoms with van der Waals surface area (Å²) in [7, 11) is 0. The molecule has 0 fully saturated rings. The number of carbonyl (C=O) groups is 2. The van der Waals surface area contributed by atoms with Crippen LogP contribution in [0.2, 0.25) is 0 Å². The van der Waals surface area contributed by atoms with Gasteiger partial charge in [-0.2, -0.15) is 0 Å². The predicted molar refractivity (Wildman–Crippen MR) is 81.5 cm³/mol. The molecule has 0 bridgehead atoms. The lowest BCUT2D eigenvalue weighted by Gasteiger charge is -2.30. The summed E-state index contributed by atoms with van der Waals surface area (Å²) in [4.78, 5) is 27.0. The Labute approximate surface area is 135 Å². The average Bonchev–Trinajstić information content (AvgIpc) is 2.64. The first kappa shape index (κ1) is 15.5. The van der Waals surface area contributed by atoms with E-state index in [0.29, 0.717) is 16.4 Å². The van der Waals surface area contributed by atoms with Gasteiger partial charge in [0.1, 0.15) is 0 Å². The number of aldehydes is 1.